The van der Waals surface area contributed by atoms with Gasteiger partial charge in [0.1, 0.15) is 0 Å². The van der Waals surface area contributed by atoms with Crippen molar-refractivity contribution in [1.82, 2.24) is 4.90 Å². The molecule has 2 saturated carbocycles. The van der Waals surface area contributed by atoms with Crippen LogP contribution in [-0.4, -0.2) is 22.9 Å². The van der Waals surface area contributed by atoms with E-state index in [2.05, 4.69) is 0 Å². The Kier molecular flexibility index (Phi) is 4.85. The molecule has 1 amide bonds. The lowest BCUT2D eigenvalue weighted by atomic mass is 9.85. The molecule has 2 atom stereocenters. The molecule has 0 radical (unpaired) electrons. The highest BCUT2D eigenvalue weighted by atomic mass is 19.4. The standard InChI is InChI=1S/C18H23F3N2O/c19-18(20,21)16-7-2-1-4-13(16)11-23(15-8-9-15)17(24)12-5-3-6-14(22)10-12/h1-2,4,7,12,14-15H,3,5-6,8-11,22H2. The van der Waals surface area contributed by atoms with Gasteiger partial charge in [-0.05, 0) is 43.7 Å². The summed E-state index contributed by atoms with van der Waals surface area (Å²) in [6.07, 6.45) is 0.610. The first-order valence-corrected chi connectivity index (χ1v) is 8.57. The van der Waals surface area contributed by atoms with E-state index in [9.17, 15) is 18.0 Å². The van der Waals surface area contributed by atoms with E-state index in [-0.39, 0.29) is 36.0 Å². The third-order valence-electron chi connectivity index (χ3n) is 5.00. The Morgan fingerprint density at radius 2 is 1.88 bits per heavy atom. The van der Waals surface area contributed by atoms with Crippen molar-refractivity contribution in [2.24, 2.45) is 11.7 Å². The van der Waals surface area contributed by atoms with Gasteiger partial charge in [-0.3, -0.25) is 4.79 Å². The molecule has 2 N–H and O–H groups in total. The highest BCUT2D eigenvalue weighted by molar-refractivity contribution is 5.79. The van der Waals surface area contributed by atoms with Gasteiger partial charge in [0.25, 0.3) is 0 Å². The zero-order valence-corrected chi connectivity index (χ0v) is 13.6. The second-order valence-corrected chi connectivity index (χ2v) is 6.98. The van der Waals surface area contributed by atoms with Gasteiger partial charge < -0.3 is 10.6 Å². The van der Waals surface area contributed by atoms with Gasteiger partial charge in [0.2, 0.25) is 5.91 Å². The number of nitrogens with zero attached hydrogens (tertiary/aromatic N) is 1. The Morgan fingerprint density at radius 3 is 2.50 bits per heavy atom. The molecular weight excluding hydrogens is 317 g/mol. The zero-order chi connectivity index (χ0) is 17.3. The van der Waals surface area contributed by atoms with Crippen LogP contribution in [0, 0.1) is 5.92 Å². The number of carbonyl (C=O) groups is 1. The molecule has 2 fully saturated rings. The Bertz CT molecular complexity index is 598. The second kappa shape index (κ2) is 6.75. The van der Waals surface area contributed by atoms with E-state index < -0.39 is 11.7 Å². The minimum absolute atomic E-state index is 0.0235. The summed E-state index contributed by atoms with van der Waals surface area (Å²) in [5.41, 5.74) is 5.49. The molecule has 0 heterocycles. The molecule has 1 aromatic rings. The average molecular weight is 340 g/mol. The van der Waals surface area contributed by atoms with Crippen LogP contribution in [0.3, 0.4) is 0 Å². The van der Waals surface area contributed by atoms with Crippen LogP contribution >= 0.6 is 0 Å². The molecule has 0 spiro atoms. The number of amides is 1. The lowest BCUT2D eigenvalue weighted by Gasteiger charge is -2.32. The van der Waals surface area contributed by atoms with Crippen molar-refractivity contribution in [3.63, 3.8) is 0 Å². The Labute approximate surface area is 140 Å². The summed E-state index contributed by atoms with van der Waals surface area (Å²) in [5, 5.41) is 0. The van der Waals surface area contributed by atoms with Crippen LogP contribution in [0.2, 0.25) is 0 Å². The summed E-state index contributed by atoms with van der Waals surface area (Å²) >= 11 is 0. The summed E-state index contributed by atoms with van der Waals surface area (Å²) in [6.45, 7) is 0.0327. The monoisotopic (exact) mass is 340 g/mol. The first-order chi connectivity index (χ1) is 11.4. The summed E-state index contributed by atoms with van der Waals surface area (Å²) in [4.78, 5) is 14.5. The number of hydrogen-bond donors (Lipinski definition) is 1. The van der Waals surface area contributed by atoms with E-state index in [1.807, 2.05) is 0 Å². The summed E-state index contributed by atoms with van der Waals surface area (Å²) in [6, 6.07) is 5.64. The molecule has 2 unspecified atom stereocenters. The van der Waals surface area contributed by atoms with E-state index in [0.717, 1.165) is 38.2 Å². The third kappa shape index (κ3) is 3.91. The van der Waals surface area contributed by atoms with Crippen molar-refractivity contribution in [2.75, 3.05) is 0 Å². The third-order valence-corrected chi connectivity index (χ3v) is 5.00. The fraction of sp³-hybridized carbons (Fsp3) is 0.611. The molecule has 132 valence electrons. The van der Waals surface area contributed by atoms with Crippen LogP contribution in [-0.2, 0) is 17.5 Å². The average Bonchev–Trinajstić information content (AvgIpc) is 3.36. The van der Waals surface area contributed by atoms with E-state index in [1.54, 1.807) is 11.0 Å². The second-order valence-electron chi connectivity index (χ2n) is 6.98. The largest absolute Gasteiger partial charge is 0.416 e. The quantitative estimate of drug-likeness (QED) is 0.908. The van der Waals surface area contributed by atoms with E-state index in [0.29, 0.717) is 6.42 Å². The molecule has 0 aromatic heterocycles. The van der Waals surface area contributed by atoms with Crippen LogP contribution < -0.4 is 5.73 Å². The number of rotatable bonds is 4. The maximum Gasteiger partial charge on any atom is 0.416 e. The molecule has 3 nitrogen and oxygen atoms in total. The Hall–Kier alpha value is -1.56. The van der Waals surface area contributed by atoms with Crippen molar-refractivity contribution < 1.29 is 18.0 Å². The van der Waals surface area contributed by atoms with Gasteiger partial charge in [-0.15, -0.1) is 0 Å². The molecule has 1 aromatic carbocycles. The maximum absolute atomic E-state index is 13.2. The predicted molar refractivity (Wildman–Crippen MR) is 84.9 cm³/mol. The Balaban J connectivity index is 1.79. The van der Waals surface area contributed by atoms with Crippen molar-refractivity contribution in [2.45, 2.75) is 63.3 Å². The molecule has 0 aliphatic heterocycles. The van der Waals surface area contributed by atoms with Gasteiger partial charge >= 0.3 is 6.18 Å². The van der Waals surface area contributed by atoms with Crippen LogP contribution in [0.25, 0.3) is 0 Å². The van der Waals surface area contributed by atoms with E-state index in [4.69, 9.17) is 5.73 Å². The van der Waals surface area contributed by atoms with Gasteiger partial charge in [-0.25, -0.2) is 0 Å². The number of nitrogens with two attached hydrogens (primary N) is 1. The molecule has 2 aliphatic carbocycles. The molecule has 24 heavy (non-hydrogen) atoms. The fourth-order valence-corrected chi connectivity index (χ4v) is 3.58. The van der Waals surface area contributed by atoms with Crippen LogP contribution in [0.5, 0.6) is 0 Å². The molecule has 0 saturated heterocycles. The molecule has 6 heteroatoms. The highest BCUT2D eigenvalue weighted by Gasteiger charge is 2.39. The zero-order valence-electron chi connectivity index (χ0n) is 13.6. The predicted octanol–water partition coefficient (Wildman–Crippen LogP) is 3.71. The number of halogens is 3. The first-order valence-electron chi connectivity index (χ1n) is 8.57. The summed E-state index contributed by atoms with van der Waals surface area (Å²) < 4.78 is 39.6. The number of alkyl halides is 3. The van der Waals surface area contributed by atoms with Gasteiger partial charge in [-0.1, -0.05) is 24.6 Å². The summed E-state index contributed by atoms with van der Waals surface area (Å²) in [5.74, 6) is -0.169. The van der Waals surface area contributed by atoms with Crippen LogP contribution in [0.4, 0.5) is 13.2 Å². The van der Waals surface area contributed by atoms with Crippen LogP contribution in [0.1, 0.15) is 49.7 Å². The smallest absolute Gasteiger partial charge is 0.335 e. The minimum Gasteiger partial charge on any atom is -0.335 e. The normalized spacial score (nSPS) is 24.7. The molecular formula is C18H23F3N2O. The molecule has 3 rings (SSSR count). The van der Waals surface area contributed by atoms with Crippen molar-refractivity contribution in [3.05, 3.63) is 35.4 Å². The lowest BCUT2D eigenvalue weighted by Crippen LogP contribution is -2.41. The lowest BCUT2D eigenvalue weighted by molar-refractivity contribution is -0.142. The van der Waals surface area contributed by atoms with Crippen molar-refractivity contribution >= 4 is 5.91 Å². The maximum atomic E-state index is 13.2. The Morgan fingerprint density at radius 1 is 1.17 bits per heavy atom. The minimum atomic E-state index is -4.40. The highest BCUT2D eigenvalue weighted by Crippen LogP contribution is 2.36. The molecule has 0 bridgehead atoms. The van der Waals surface area contributed by atoms with E-state index in [1.165, 1.54) is 12.1 Å². The van der Waals surface area contributed by atoms with Crippen molar-refractivity contribution in [1.29, 1.82) is 0 Å². The van der Waals surface area contributed by atoms with Gasteiger partial charge in [-0.2, -0.15) is 13.2 Å². The topological polar surface area (TPSA) is 46.3 Å². The molecule has 2 aliphatic rings. The van der Waals surface area contributed by atoms with Crippen LogP contribution in [0.15, 0.2) is 24.3 Å². The SMILES string of the molecule is NC1CCCC(C(=O)N(Cc2ccccc2C(F)(F)F)C2CC2)C1. The number of carbonyl (C=O) groups excluding carboxylic acids is 1. The van der Waals surface area contributed by atoms with Gasteiger partial charge in [0.15, 0.2) is 0 Å². The first kappa shape index (κ1) is 17.3. The van der Waals surface area contributed by atoms with Gasteiger partial charge in [0.05, 0.1) is 5.56 Å². The number of hydrogen-bond acceptors (Lipinski definition) is 2. The van der Waals surface area contributed by atoms with Crippen molar-refractivity contribution in [3.8, 4) is 0 Å². The van der Waals surface area contributed by atoms with Gasteiger partial charge in [0, 0.05) is 24.5 Å². The fourth-order valence-electron chi connectivity index (χ4n) is 3.58. The summed E-state index contributed by atoms with van der Waals surface area (Å²) in [7, 11) is 0. The number of benzene rings is 1. The van der Waals surface area contributed by atoms with E-state index >= 15 is 0 Å².